The summed E-state index contributed by atoms with van der Waals surface area (Å²) < 4.78 is 2.40. The highest BCUT2D eigenvalue weighted by molar-refractivity contribution is 4.98. The average molecular weight is 332 g/mol. The first-order valence-electron chi connectivity index (χ1n) is 10.2. The quantitative estimate of drug-likeness (QED) is 0.850. The van der Waals surface area contributed by atoms with E-state index in [4.69, 9.17) is 0 Å². The summed E-state index contributed by atoms with van der Waals surface area (Å²) in [6.07, 6.45) is 12.3. The molecule has 0 aromatic carbocycles. The molecule has 3 heterocycles. The number of rotatable bonds is 4. The van der Waals surface area contributed by atoms with E-state index in [-0.39, 0.29) is 0 Å². The van der Waals surface area contributed by atoms with Crippen LogP contribution in [0.4, 0.5) is 0 Å². The maximum absolute atomic E-state index is 4.50. The highest BCUT2D eigenvalue weighted by atomic mass is 15.3. The Morgan fingerprint density at radius 3 is 2.33 bits per heavy atom. The molecule has 0 unspecified atom stereocenters. The molecule has 24 heavy (non-hydrogen) atoms. The van der Waals surface area contributed by atoms with Gasteiger partial charge in [0.05, 0.1) is 6.54 Å². The molecule has 2 fully saturated rings. The van der Waals surface area contributed by atoms with Crippen LogP contribution in [0, 0.1) is 5.92 Å². The predicted octanol–water partition coefficient (Wildman–Crippen LogP) is 2.70. The van der Waals surface area contributed by atoms with E-state index >= 15 is 0 Å². The van der Waals surface area contributed by atoms with Crippen molar-refractivity contribution in [2.24, 2.45) is 5.92 Å². The molecular formula is C19H33N5. The molecular weight excluding hydrogens is 298 g/mol. The Balaban J connectivity index is 1.26. The molecule has 1 saturated heterocycles. The Morgan fingerprint density at radius 2 is 1.50 bits per heavy atom. The van der Waals surface area contributed by atoms with E-state index < -0.39 is 0 Å². The van der Waals surface area contributed by atoms with Gasteiger partial charge in [-0.15, -0.1) is 10.2 Å². The Labute approximate surface area is 146 Å². The minimum absolute atomic E-state index is 0.970. The maximum atomic E-state index is 4.50. The standard InChI is InChI=1S/C19H33N5/c1-3-7-17(8-4-1)15-22-11-13-23(14-12-22)16-19-21-20-18-9-5-2-6-10-24(18)19/h17H,1-16H2. The van der Waals surface area contributed by atoms with Gasteiger partial charge in [-0.1, -0.05) is 25.7 Å². The summed E-state index contributed by atoms with van der Waals surface area (Å²) in [5.74, 6) is 3.39. The molecule has 4 rings (SSSR count). The van der Waals surface area contributed by atoms with Gasteiger partial charge in [-0.25, -0.2) is 0 Å². The van der Waals surface area contributed by atoms with Crippen LogP contribution in [0.15, 0.2) is 0 Å². The maximum Gasteiger partial charge on any atom is 0.147 e. The van der Waals surface area contributed by atoms with Gasteiger partial charge in [0, 0.05) is 45.7 Å². The topological polar surface area (TPSA) is 37.2 Å². The van der Waals surface area contributed by atoms with Crippen LogP contribution in [0.25, 0.3) is 0 Å². The van der Waals surface area contributed by atoms with E-state index in [0.29, 0.717) is 0 Å². The largest absolute Gasteiger partial charge is 0.314 e. The Morgan fingerprint density at radius 1 is 0.750 bits per heavy atom. The molecule has 5 nitrogen and oxygen atoms in total. The number of hydrogen-bond acceptors (Lipinski definition) is 4. The van der Waals surface area contributed by atoms with Gasteiger partial charge in [-0.2, -0.15) is 0 Å². The van der Waals surface area contributed by atoms with Gasteiger partial charge >= 0.3 is 0 Å². The van der Waals surface area contributed by atoms with Crippen molar-refractivity contribution in [3.8, 4) is 0 Å². The fourth-order valence-corrected chi connectivity index (χ4v) is 4.73. The van der Waals surface area contributed by atoms with Crippen LogP contribution in [-0.4, -0.2) is 57.3 Å². The average Bonchev–Trinajstić information content (AvgIpc) is 2.84. The first kappa shape index (κ1) is 16.5. The summed E-state index contributed by atoms with van der Waals surface area (Å²) in [5, 5.41) is 8.95. The summed E-state index contributed by atoms with van der Waals surface area (Å²) in [6.45, 7) is 8.30. The van der Waals surface area contributed by atoms with Crippen LogP contribution in [0.5, 0.6) is 0 Å². The second-order valence-electron chi connectivity index (χ2n) is 8.08. The summed E-state index contributed by atoms with van der Waals surface area (Å²) >= 11 is 0. The number of aromatic nitrogens is 3. The first-order chi connectivity index (χ1) is 11.9. The Bertz CT molecular complexity index is 512. The molecule has 1 saturated carbocycles. The van der Waals surface area contributed by atoms with Gasteiger partial charge in [0.2, 0.25) is 0 Å². The molecule has 0 amide bonds. The lowest BCUT2D eigenvalue weighted by atomic mass is 9.89. The third kappa shape index (κ3) is 3.99. The van der Waals surface area contributed by atoms with E-state index in [1.165, 1.54) is 95.7 Å². The molecule has 0 bridgehead atoms. The van der Waals surface area contributed by atoms with Crippen molar-refractivity contribution in [2.45, 2.75) is 70.9 Å². The molecule has 0 spiro atoms. The van der Waals surface area contributed by atoms with Crippen molar-refractivity contribution >= 4 is 0 Å². The highest BCUT2D eigenvalue weighted by Gasteiger charge is 2.23. The van der Waals surface area contributed by atoms with Gasteiger partial charge in [0.15, 0.2) is 0 Å². The molecule has 2 aliphatic heterocycles. The molecule has 1 aromatic rings. The molecule has 134 valence electrons. The zero-order valence-corrected chi connectivity index (χ0v) is 15.1. The van der Waals surface area contributed by atoms with Crippen molar-refractivity contribution in [1.82, 2.24) is 24.6 Å². The number of aryl methyl sites for hydroxylation is 1. The molecule has 1 aliphatic carbocycles. The van der Waals surface area contributed by atoms with Crippen molar-refractivity contribution in [1.29, 1.82) is 0 Å². The van der Waals surface area contributed by atoms with Crippen LogP contribution >= 0.6 is 0 Å². The minimum atomic E-state index is 0.970. The predicted molar refractivity (Wildman–Crippen MR) is 95.9 cm³/mol. The smallest absolute Gasteiger partial charge is 0.147 e. The number of piperazine rings is 1. The van der Waals surface area contributed by atoms with Gasteiger partial charge in [0.25, 0.3) is 0 Å². The van der Waals surface area contributed by atoms with Crippen molar-refractivity contribution in [2.75, 3.05) is 32.7 Å². The van der Waals surface area contributed by atoms with Crippen molar-refractivity contribution in [3.05, 3.63) is 11.6 Å². The van der Waals surface area contributed by atoms with Crippen LogP contribution in [0.1, 0.15) is 63.0 Å². The lowest BCUT2D eigenvalue weighted by molar-refractivity contribution is 0.103. The van der Waals surface area contributed by atoms with E-state index in [1.807, 2.05) is 0 Å². The van der Waals surface area contributed by atoms with Crippen LogP contribution < -0.4 is 0 Å². The first-order valence-corrected chi connectivity index (χ1v) is 10.2. The molecule has 1 aromatic heterocycles. The lowest BCUT2D eigenvalue weighted by Crippen LogP contribution is -2.47. The zero-order valence-electron chi connectivity index (χ0n) is 15.1. The number of hydrogen-bond donors (Lipinski definition) is 0. The van der Waals surface area contributed by atoms with Crippen LogP contribution in [0.3, 0.4) is 0 Å². The number of nitrogens with zero attached hydrogens (tertiary/aromatic N) is 5. The Kier molecular flexibility index (Phi) is 5.48. The molecule has 3 aliphatic rings. The summed E-state index contributed by atoms with van der Waals surface area (Å²) in [4.78, 5) is 5.29. The molecule has 5 heteroatoms. The van der Waals surface area contributed by atoms with Crippen molar-refractivity contribution < 1.29 is 0 Å². The second kappa shape index (κ2) is 7.96. The van der Waals surface area contributed by atoms with E-state index in [2.05, 4.69) is 24.6 Å². The fraction of sp³-hybridized carbons (Fsp3) is 0.895. The fourth-order valence-electron chi connectivity index (χ4n) is 4.73. The zero-order chi connectivity index (χ0) is 16.2. The van der Waals surface area contributed by atoms with Crippen LogP contribution in [-0.2, 0) is 19.5 Å². The van der Waals surface area contributed by atoms with Crippen LogP contribution in [0.2, 0.25) is 0 Å². The van der Waals surface area contributed by atoms with Crippen molar-refractivity contribution in [3.63, 3.8) is 0 Å². The lowest BCUT2D eigenvalue weighted by Gasteiger charge is -2.37. The second-order valence-corrected chi connectivity index (χ2v) is 8.08. The van der Waals surface area contributed by atoms with Gasteiger partial charge in [-0.05, 0) is 31.6 Å². The normalized spacial score (nSPS) is 24.7. The molecule has 0 atom stereocenters. The number of fused-ring (bicyclic) bond motifs is 1. The highest BCUT2D eigenvalue weighted by Crippen LogP contribution is 2.25. The monoisotopic (exact) mass is 331 g/mol. The third-order valence-electron chi connectivity index (χ3n) is 6.26. The van der Waals surface area contributed by atoms with Gasteiger partial charge < -0.3 is 9.47 Å². The molecule has 0 radical (unpaired) electrons. The summed E-state index contributed by atoms with van der Waals surface area (Å²) in [7, 11) is 0. The van der Waals surface area contributed by atoms with Gasteiger partial charge in [0.1, 0.15) is 11.6 Å². The minimum Gasteiger partial charge on any atom is -0.314 e. The molecule has 0 N–H and O–H groups in total. The Hall–Kier alpha value is -0.940. The third-order valence-corrected chi connectivity index (χ3v) is 6.26. The van der Waals surface area contributed by atoms with E-state index in [9.17, 15) is 0 Å². The SMILES string of the molecule is C1CCC(CN2CCN(Cc3nnc4n3CCCCC4)CC2)CC1. The summed E-state index contributed by atoms with van der Waals surface area (Å²) in [6, 6.07) is 0. The van der Waals surface area contributed by atoms with E-state index in [1.54, 1.807) is 0 Å². The van der Waals surface area contributed by atoms with Gasteiger partial charge in [-0.3, -0.25) is 4.90 Å². The summed E-state index contributed by atoms with van der Waals surface area (Å²) in [5.41, 5.74) is 0. The van der Waals surface area contributed by atoms with E-state index in [0.717, 1.165) is 25.4 Å².